The Morgan fingerprint density at radius 2 is 1.94 bits per heavy atom. The molecule has 0 spiro atoms. The Hall–Kier alpha value is -0.670. The predicted octanol–water partition coefficient (Wildman–Crippen LogP) is 3.30. The van der Waals surface area contributed by atoms with Crippen molar-refractivity contribution in [1.82, 2.24) is 4.90 Å². The quantitative estimate of drug-likeness (QED) is 0.755. The molecule has 0 N–H and O–H groups in total. The molecule has 1 rings (SSSR count). The van der Waals surface area contributed by atoms with Gasteiger partial charge in [0.1, 0.15) is 0 Å². The van der Waals surface area contributed by atoms with E-state index in [-0.39, 0.29) is 5.91 Å². The number of amides is 1. The van der Waals surface area contributed by atoms with E-state index in [1.165, 1.54) is 11.8 Å². The van der Waals surface area contributed by atoms with E-state index in [1.54, 1.807) is 0 Å². The van der Waals surface area contributed by atoms with Crippen molar-refractivity contribution < 1.29 is 4.79 Å². The van der Waals surface area contributed by atoms with Gasteiger partial charge in [-0.3, -0.25) is 4.79 Å². The first-order valence-corrected chi connectivity index (χ1v) is 6.70. The summed E-state index contributed by atoms with van der Waals surface area (Å²) in [6, 6.07) is 7.59. The fourth-order valence-electron chi connectivity index (χ4n) is 1.37. The minimum absolute atomic E-state index is 0.162. The molecule has 0 aliphatic rings. The highest BCUT2D eigenvalue weighted by molar-refractivity contribution is 8.00. The van der Waals surface area contributed by atoms with Crippen molar-refractivity contribution in [1.29, 1.82) is 0 Å². The van der Waals surface area contributed by atoms with Crippen molar-refractivity contribution >= 4 is 29.3 Å². The number of thioether (sulfide) groups is 1. The second kappa shape index (κ2) is 6.81. The van der Waals surface area contributed by atoms with Gasteiger partial charge in [-0.05, 0) is 26.0 Å². The van der Waals surface area contributed by atoms with Crippen molar-refractivity contribution in [3.63, 3.8) is 0 Å². The van der Waals surface area contributed by atoms with Gasteiger partial charge in [-0.1, -0.05) is 23.7 Å². The highest BCUT2D eigenvalue weighted by Gasteiger charge is 2.10. The molecule has 0 aliphatic carbocycles. The molecule has 0 bridgehead atoms. The number of halogens is 1. The molecule has 0 radical (unpaired) electrons. The van der Waals surface area contributed by atoms with E-state index in [9.17, 15) is 4.79 Å². The minimum Gasteiger partial charge on any atom is -0.343 e. The zero-order valence-electron chi connectivity index (χ0n) is 9.57. The lowest BCUT2D eigenvalue weighted by Gasteiger charge is -2.18. The number of hydrogen-bond donors (Lipinski definition) is 0. The maximum absolute atomic E-state index is 11.8. The van der Waals surface area contributed by atoms with Gasteiger partial charge in [0.25, 0.3) is 0 Å². The molecule has 1 amide bonds. The smallest absolute Gasteiger partial charge is 0.232 e. The Bertz CT molecular complexity index is 353. The van der Waals surface area contributed by atoms with E-state index >= 15 is 0 Å². The van der Waals surface area contributed by atoms with Crippen LogP contribution in [0, 0.1) is 0 Å². The molecule has 1 aromatic carbocycles. The van der Waals surface area contributed by atoms with Crippen LogP contribution in [0.3, 0.4) is 0 Å². The first-order valence-electron chi connectivity index (χ1n) is 5.34. The van der Waals surface area contributed by atoms with Crippen LogP contribution in [0.15, 0.2) is 29.2 Å². The van der Waals surface area contributed by atoms with Gasteiger partial charge in [-0.25, -0.2) is 0 Å². The molecule has 0 aromatic heterocycles. The van der Waals surface area contributed by atoms with Crippen LogP contribution in [0.2, 0.25) is 5.02 Å². The topological polar surface area (TPSA) is 20.3 Å². The molecule has 0 unspecified atom stereocenters. The highest BCUT2D eigenvalue weighted by atomic mass is 35.5. The minimum atomic E-state index is 0.162. The molecule has 0 heterocycles. The van der Waals surface area contributed by atoms with Crippen molar-refractivity contribution in [2.24, 2.45) is 0 Å². The Kier molecular flexibility index (Phi) is 5.71. The zero-order valence-corrected chi connectivity index (χ0v) is 11.1. The first kappa shape index (κ1) is 13.4. The molecular formula is C12H16ClNOS. The van der Waals surface area contributed by atoms with Crippen LogP contribution < -0.4 is 0 Å². The molecule has 16 heavy (non-hydrogen) atoms. The summed E-state index contributed by atoms with van der Waals surface area (Å²) in [5, 5.41) is 0.708. The van der Waals surface area contributed by atoms with Gasteiger partial charge in [-0.2, -0.15) is 0 Å². The van der Waals surface area contributed by atoms with E-state index in [0.29, 0.717) is 10.8 Å². The lowest BCUT2D eigenvalue weighted by Crippen LogP contribution is -2.31. The monoisotopic (exact) mass is 257 g/mol. The van der Waals surface area contributed by atoms with Crippen molar-refractivity contribution in [2.45, 2.75) is 18.7 Å². The standard InChI is InChI=1S/C12H16ClNOS/c1-3-14(4-2)12(15)9-16-11-8-6-5-7-10(11)13/h5-8H,3-4,9H2,1-2H3. The maximum Gasteiger partial charge on any atom is 0.232 e. The molecule has 0 saturated heterocycles. The van der Waals surface area contributed by atoms with E-state index in [2.05, 4.69) is 0 Å². The lowest BCUT2D eigenvalue weighted by atomic mass is 10.4. The average molecular weight is 258 g/mol. The van der Waals surface area contributed by atoms with Gasteiger partial charge < -0.3 is 4.90 Å². The number of carbonyl (C=O) groups is 1. The van der Waals surface area contributed by atoms with Crippen LogP contribution >= 0.6 is 23.4 Å². The van der Waals surface area contributed by atoms with Crippen molar-refractivity contribution in [3.8, 4) is 0 Å². The Morgan fingerprint density at radius 1 is 1.31 bits per heavy atom. The second-order valence-corrected chi connectivity index (χ2v) is 4.71. The van der Waals surface area contributed by atoms with Crippen LogP contribution in [0.5, 0.6) is 0 Å². The third-order valence-electron chi connectivity index (χ3n) is 2.30. The number of benzene rings is 1. The Balaban J connectivity index is 2.52. The summed E-state index contributed by atoms with van der Waals surface area (Å²) in [6.07, 6.45) is 0. The summed E-state index contributed by atoms with van der Waals surface area (Å²) in [5.41, 5.74) is 0. The number of carbonyl (C=O) groups excluding carboxylic acids is 1. The third-order valence-corrected chi connectivity index (χ3v) is 3.80. The van der Waals surface area contributed by atoms with Crippen molar-refractivity contribution in [3.05, 3.63) is 29.3 Å². The summed E-state index contributed by atoms with van der Waals surface area (Å²) in [6.45, 7) is 5.50. The van der Waals surface area contributed by atoms with Crippen LogP contribution in [0.4, 0.5) is 0 Å². The summed E-state index contributed by atoms with van der Waals surface area (Å²) in [4.78, 5) is 14.5. The summed E-state index contributed by atoms with van der Waals surface area (Å²) in [5.74, 6) is 0.612. The van der Waals surface area contributed by atoms with E-state index in [0.717, 1.165) is 18.0 Å². The Morgan fingerprint density at radius 3 is 2.50 bits per heavy atom. The van der Waals surface area contributed by atoms with Gasteiger partial charge in [0, 0.05) is 18.0 Å². The predicted molar refractivity (Wildman–Crippen MR) is 70.1 cm³/mol. The number of rotatable bonds is 5. The molecular weight excluding hydrogens is 242 g/mol. The molecule has 4 heteroatoms. The molecule has 0 fully saturated rings. The summed E-state index contributed by atoms with van der Waals surface area (Å²) < 4.78 is 0. The van der Waals surface area contributed by atoms with Gasteiger partial charge in [0.05, 0.1) is 10.8 Å². The largest absolute Gasteiger partial charge is 0.343 e. The van der Waals surface area contributed by atoms with E-state index in [1.807, 2.05) is 43.0 Å². The molecule has 0 atom stereocenters. The molecule has 0 saturated carbocycles. The molecule has 0 aliphatic heterocycles. The van der Waals surface area contributed by atoms with Gasteiger partial charge in [0.15, 0.2) is 0 Å². The van der Waals surface area contributed by atoms with Gasteiger partial charge in [0.2, 0.25) is 5.91 Å². The molecule has 1 aromatic rings. The van der Waals surface area contributed by atoms with Crippen LogP contribution in [0.1, 0.15) is 13.8 Å². The van der Waals surface area contributed by atoms with Gasteiger partial charge in [-0.15, -0.1) is 11.8 Å². The van der Waals surface area contributed by atoms with E-state index in [4.69, 9.17) is 11.6 Å². The third kappa shape index (κ3) is 3.72. The normalized spacial score (nSPS) is 10.2. The maximum atomic E-state index is 11.8. The lowest BCUT2D eigenvalue weighted by molar-refractivity contribution is -0.127. The zero-order chi connectivity index (χ0) is 12.0. The van der Waals surface area contributed by atoms with Crippen LogP contribution in [0.25, 0.3) is 0 Å². The summed E-state index contributed by atoms with van der Waals surface area (Å²) in [7, 11) is 0. The SMILES string of the molecule is CCN(CC)C(=O)CSc1ccccc1Cl. The number of hydrogen-bond acceptors (Lipinski definition) is 2. The fraction of sp³-hybridized carbons (Fsp3) is 0.417. The fourth-order valence-corrected chi connectivity index (χ4v) is 2.51. The van der Waals surface area contributed by atoms with Crippen LogP contribution in [-0.2, 0) is 4.79 Å². The van der Waals surface area contributed by atoms with Crippen molar-refractivity contribution in [2.75, 3.05) is 18.8 Å². The van der Waals surface area contributed by atoms with Gasteiger partial charge >= 0.3 is 0 Å². The average Bonchev–Trinajstić information content (AvgIpc) is 2.29. The molecule has 2 nitrogen and oxygen atoms in total. The Labute approximate surface area is 106 Å². The number of nitrogens with zero attached hydrogens (tertiary/aromatic N) is 1. The first-order chi connectivity index (χ1) is 7.69. The van der Waals surface area contributed by atoms with Crippen LogP contribution in [-0.4, -0.2) is 29.6 Å². The highest BCUT2D eigenvalue weighted by Crippen LogP contribution is 2.26. The second-order valence-electron chi connectivity index (χ2n) is 3.29. The molecule has 88 valence electrons. The van der Waals surface area contributed by atoms with E-state index < -0.39 is 0 Å². The summed E-state index contributed by atoms with van der Waals surface area (Å²) >= 11 is 7.50.